The Morgan fingerprint density at radius 2 is 1.94 bits per heavy atom. The third-order valence-electron chi connectivity index (χ3n) is 6.54. The first-order valence-corrected chi connectivity index (χ1v) is 12.1. The molecule has 1 aromatic heterocycles. The number of urea groups is 1. The number of rotatable bonds is 7. The fourth-order valence-electron chi connectivity index (χ4n) is 4.46. The highest BCUT2D eigenvalue weighted by Gasteiger charge is 2.52. The third kappa shape index (κ3) is 4.56. The largest absolute Gasteiger partial charge is 0.344 e. The smallest absolute Gasteiger partial charge is 0.322 e. The maximum Gasteiger partial charge on any atom is 0.344 e. The van der Waals surface area contributed by atoms with Gasteiger partial charge in [-0.25, -0.2) is 4.79 Å². The van der Waals surface area contributed by atoms with Crippen LogP contribution in [0.2, 0.25) is 0 Å². The molecule has 1 unspecified atom stereocenters. The molecule has 7 nitrogen and oxygen atoms in total. The summed E-state index contributed by atoms with van der Waals surface area (Å²) in [4.78, 5) is 39.2. The lowest BCUT2D eigenvalue weighted by atomic mass is 9.77. The highest BCUT2D eigenvalue weighted by atomic mass is 32.1. The van der Waals surface area contributed by atoms with Gasteiger partial charge in [0.2, 0.25) is 0 Å². The van der Waals surface area contributed by atoms with Crippen molar-refractivity contribution in [1.82, 2.24) is 21.1 Å². The summed E-state index contributed by atoms with van der Waals surface area (Å²) in [6.07, 6.45) is 3.95. The summed E-state index contributed by atoms with van der Waals surface area (Å²) < 4.78 is 0. The van der Waals surface area contributed by atoms with Crippen molar-refractivity contribution in [2.45, 2.75) is 57.5 Å². The van der Waals surface area contributed by atoms with E-state index in [0.29, 0.717) is 18.8 Å². The van der Waals surface area contributed by atoms with Crippen molar-refractivity contribution in [1.29, 1.82) is 0 Å². The lowest BCUT2D eigenvalue weighted by Gasteiger charge is -2.33. The van der Waals surface area contributed by atoms with Gasteiger partial charge in [-0.3, -0.25) is 20.3 Å². The van der Waals surface area contributed by atoms with Gasteiger partial charge in [0.1, 0.15) is 5.54 Å². The normalized spacial score (nSPS) is 23.9. The van der Waals surface area contributed by atoms with Gasteiger partial charge in [0.05, 0.1) is 12.6 Å². The van der Waals surface area contributed by atoms with Crippen LogP contribution >= 0.6 is 11.3 Å². The molecule has 3 N–H and O–H groups in total. The van der Waals surface area contributed by atoms with Crippen LogP contribution in [-0.2, 0) is 16.0 Å². The lowest BCUT2D eigenvalue weighted by Crippen LogP contribution is -2.52. The molecule has 2 aromatic rings. The molecule has 0 radical (unpaired) electrons. The second kappa shape index (κ2) is 9.42. The van der Waals surface area contributed by atoms with Crippen molar-refractivity contribution in [3.05, 3.63) is 57.8 Å². The molecule has 2 heterocycles. The zero-order valence-electron chi connectivity index (χ0n) is 18.5. The summed E-state index contributed by atoms with van der Waals surface area (Å²) in [5, 5.41) is 8.97. The average molecular weight is 455 g/mol. The van der Waals surface area contributed by atoms with Crippen LogP contribution in [0.15, 0.2) is 41.8 Å². The van der Waals surface area contributed by atoms with Gasteiger partial charge >= 0.3 is 6.03 Å². The van der Waals surface area contributed by atoms with Crippen LogP contribution in [-0.4, -0.2) is 34.9 Å². The second-order valence-corrected chi connectivity index (χ2v) is 9.77. The minimum Gasteiger partial charge on any atom is -0.322 e. The predicted molar refractivity (Wildman–Crippen MR) is 124 cm³/mol. The number of benzene rings is 1. The van der Waals surface area contributed by atoms with Crippen LogP contribution in [0.3, 0.4) is 0 Å². The topological polar surface area (TPSA) is 90.5 Å². The van der Waals surface area contributed by atoms with Crippen LogP contribution < -0.4 is 16.1 Å². The molecular weight excluding hydrogens is 424 g/mol. The summed E-state index contributed by atoms with van der Waals surface area (Å²) in [5.41, 5.74) is 3.94. The maximum atomic E-state index is 13.0. The van der Waals surface area contributed by atoms with Crippen molar-refractivity contribution < 1.29 is 14.4 Å². The number of imide groups is 1. The number of carbonyl (C=O) groups excluding carboxylic acids is 3. The van der Waals surface area contributed by atoms with E-state index < -0.39 is 17.5 Å². The van der Waals surface area contributed by atoms with E-state index in [1.54, 1.807) is 11.3 Å². The number of carbonyl (C=O) groups is 3. The standard InChI is InChI=1S/C24H30N4O3S/c1-3-17-6-8-18(9-7-17)21(19-5-4-14-32-19)25-15-20(29)27-28-22(30)24(26-23(28)31)12-10-16(2)11-13-24/h4-9,14,16,21,25H,3,10-13,15H2,1-2H3,(H,26,31)(H,27,29). The number of nitrogens with one attached hydrogen (secondary N) is 3. The highest BCUT2D eigenvalue weighted by molar-refractivity contribution is 7.10. The van der Waals surface area contributed by atoms with Crippen molar-refractivity contribution in [2.24, 2.45) is 5.92 Å². The van der Waals surface area contributed by atoms with Crippen molar-refractivity contribution in [3.63, 3.8) is 0 Å². The highest BCUT2D eigenvalue weighted by Crippen LogP contribution is 2.35. The van der Waals surface area contributed by atoms with Crippen LogP contribution in [0.25, 0.3) is 0 Å². The van der Waals surface area contributed by atoms with Crippen LogP contribution in [0.4, 0.5) is 4.79 Å². The molecule has 170 valence electrons. The molecule has 1 atom stereocenters. The number of hydrogen-bond donors (Lipinski definition) is 3. The SMILES string of the molecule is CCc1ccc(C(NCC(=O)NN2C(=O)NC3(CCC(C)CC3)C2=O)c2cccs2)cc1. The number of amides is 4. The van der Waals surface area contributed by atoms with E-state index in [1.807, 2.05) is 17.5 Å². The maximum absolute atomic E-state index is 13.0. The predicted octanol–water partition coefficient (Wildman–Crippen LogP) is 3.52. The third-order valence-corrected chi connectivity index (χ3v) is 7.48. The quantitative estimate of drug-likeness (QED) is 0.559. The first-order valence-electron chi connectivity index (χ1n) is 11.2. The Hall–Kier alpha value is -2.71. The number of hydrazine groups is 1. The lowest BCUT2D eigenvalue weighted by molar-refractivity contribution is -0.139. The summed E-state index contributed by atoms with van der Waals surface area (Å²) in [6.45, 7) is 4.24. The van der Waals surface area contributed by atoms with Gasteiger partial charge in [0.25, 0.3) is 11.8 Å². The van der Waals surface area contributed by atoms with Gasteiger partial charge in [-0.2, -0.15) is 5.01 Å². The number of nitrogens with zero attached hydrogens (tertiary/aromatic N) is 1. The van der Waals surface area contributed by atoms with Crippen molar-refractivity contribution in [3.8, 4) is 0 Å². The second-order valence-electron chi connectivity index (χ2n) is 8.79. The Morgan fingerprint density at radius 3 is 2.56 bits per heavy atom. The van der Waals surface area contributed by atoms with Gasteiger partial charge < -0.3 is 5.32 Å². The number of hydrogen-bond acceptors (Lipinski definition) is 5. The van der Waals surface area contributed by atoms with Gasteiger partial charge in [0, 0.05) is 4.88 Å². The summed E-state index contributed by atoms with van der Waals surface area (Å²) >= 11 is 1.61. The average Bonchev–Trinajstić information content (AvgIpc) is 3.40. The molecule has 2 aliphatic rings. The molecular formula is C24H30N4O3S. The van der Waals surface area contributed by atoms with Crippen molar-refractivity contribution >= 4 is 29.2 Å². The van der Waals surface area contributed by atoms with Gasteiger partial charge in [-0.1, -0.05) is 44.2 Å². The van der Waals surface area contributed by atoms with E-state index in [9.17, 15) is 14.4 Å². The molecule has 4 rings (SSSR count). The molecule has 1 spiro atoms. The Morgan fingerprint density at radius 1 is 1.22 bits per heavy atom. The zero-order chi connectivity index (χ0) is 22.7. The zero-order valence-corrected chi connectivity index (χ0v) is 19.3. The van der Waals surface area contributed by atoms with E-state index in [4.69, 9.17) is 0 Å². The number of thiophene rings is 1. The summed E-state index contributed by atoms with van der Waals surface area (Å²) in [7, 11) is 0. The molecule has 2 fully saturated rings. The molecule has 32 heavy (non-hydrogen) atoms. The Kier molecular flexibility index (Phi) is 6.62. The van der Waals surface area contributed by atoms with E-state index in [0.717, 1.165) is 34.7 Å². The molecule has 0 bridgehead atoms. The first-order chi connectivity index (χ1) is 15.4. The van der Waals surface area contributed by atoms with Crippen LogP contribution in [0, 0.1) is 5.92 Å². The molecule has 1 saturated heterocycles. The summed E-state index contributed by atoms with van der Waals surface area (Å²) in [5.74, 6) is -0.243. The van der Waals surface area contributed by atoms with Gasteiger partial charge in [-0.05, 0) is 60.6 Å². The molecule has 1 aromatic carbocycles. The van der Waals surface area contributed by atoms with E-state index in [2.05, 4.69) is 54.2 Å². The van der Waals surface area contributed by atoms with Crippen LogP contribution in [0.5, 0.6) is 0 Å². The minimum atomic E-state index is -0.870. The van der Waals surface area contributed by atoms with Gasteiger partial charge in [-0.15, -0.1) is 11.3 Å². The molecule has 1 saturated carbocycles. The van der Waals surface area contributed by atoms with E-state index in [1.165, 1.54) is 5.56 Å². The minimum absolute atomic E-state index is 0.0286. The fraction of sp³-hybridized carbons (Fsp3) is 0.458. The Labute approximate surface area is 192 Å². The molecule has 1 aliphatic heterocycles. The Bertz CT molecular complexity index is 966. The van der Waals surface area contributed by atoms with E-state index in [-0.39, 0.29) is 18.5 Å². The van der Waals surface area contributed by atoms with Crippen LogP contribution in [0.1, 0.15) is 61.6 Å². The fourth-order valence-corrected chi connectivity index (χ4v) is 5.29. The van der Waals surface area contributed by atoms with E-state index >= 15 is 0 Å². The van der Waals surface area contributed by atoms with Crippen molar-refractivity contribution in [2.75, 3.05) is 6.54 Å². The summed E-state index contributed by atoms with van der Waals surface area (Å²) in [6, 6.07) is 11.6. The number of aryl methyl sites for hydroxylation is 1. The monoisotopic (exact) mass is 454 g/mol. The first kappa shape index (κ1) is 22.5. The molecule has 4 amide bonds. The van der Waals surface area contributed by atoms with Gasteiger partial charge in [0.15, 0.2) is 0 Å². The Balaban J connectivity index is 1.40. The molecule has 8 heteroatoms. The molecule has 1 aliphatic carbocycles.